The minimum Gasteiger partial charge on any atom is -0.459 e. The van der Waals surface area contributed by atoms with Gasteiger partial charge in [-0.3, -0.25) is 9.59 Å². The van der Waals surface area contributed by atoms with Gasteiger partial charge in [0.25, 0.3) is 11.8 Å². The first-order valence-corrected chi connectivity index (χ1v) is 10.7. The fourth-order valence-corrected chi connectivity index (χ4v) is 4.10. The average Bonchev–Trinajstić information content (AvgIpc) is 3.39. The van der Waals surface area contributed by atoms with Gasteiger partial charge < -0.3 is 19.5 Å². The molecule has 2 amide bonds. The van der Waals surface area contributed by atoms with Crippen molar-refractivity contribution in [1.29, 1.82) is 0 Å². The molecule has 0 unspecified atom stereocenters. The molecule has 160 valence electrons. The van der Waals surface area contributed by atoms with Gasteiger partial charge in [0.05, 0.1) is 6.26 Å². The first-order valence-electron chi connectivity index (χ1n) is 10.7. The second-order valence-electron chi connectivity index (χ2n) is 7.78. The molecule has 0 saturated carbocycles. The third kappa shape index (κ3) is 3.95. The molecule has 32 heavy (non-hydrogen) atoms. The van der Waals surface area contributed by atoms with Crippen molar-refractivity contribution in [2.75, 3.05) is 36.4 Å². The molecule has 1 aliphatic heterocycles. The van der Waals surface area contributed by atoms with Gasteiger partial charge in [0.2, 0.25) is 0 Å². The van der Waals surface area contributed by atoms with Gasteiger partial charge in [-0.1, -0.05) is 36.4 Å². The van der Waals surface area contributed by atoms with Gasteiger partial charge in [-0.05, 0) is 53.2 Å². The normalized spacial score (nSPS) is 13.9. The summed E-state index contributed by atoms with van der Waals surface area (Å²) in [5.41, 5.74) is 2.47. The number of benzene rings is 3. The van der Waals surface area contributed by atoms with Crippen LogP contribution in [0.25, 0.3) is 10.8 Å². The van der Waals surface area contributed by atoms with Crippen LogP contribution in [0.3, 0.4) is 0 Å². The number of hydrogen-bond donors (Lipinski definition) is 1. The molecule has 1 saturated heterocycles. The van der Waals surface area contributed by atoms with Crippen LogP contribution in [-0.4, -0.2) is 42.9 Å². The highest BCUT2D eigenvalue weighted by molar-refractivity contribution is 6.12. The number of nitrogens with zero attached hydrogens (tertiary/aromatic N) is 2. The molecule has 5 rings (SSSR count). The standard InChI is InChI=1S/C26H23N3O3/c30-25(23-8-3-6-19-5-1-2-7-22(19)23)27-20-10-12-21(13-11-20)28-14-16-29(17-15-28)26(31)24-9-4-18-32-24/h1-13,18H,14-17H2,(H,27,30). The molecule has 1 aliphatic rings. The lowest BCUT2D eigenvalue weighted by molar-refractivity contribution is 0.0714. The molecule has 6 heteroatoms. The van der Waals surface area contributed by atoms with Crippen molar-refractivity contribution in [3.05, 3.63) is 96.4 Å². The Balaban J connectivity index is 1.22. The summed E-state index contributed by atoms with van der Waals surface area (Å²) in [5.74, 6) is 0.186. The number of amides is 2. The summed E-state index contributed by atoms with van der Waals surface area (Å²) in [6.45, 7) is 2.76. The summed E-state index contributed by atoms with van der Waals surface area (Å²) in [7, 11) is 0. The van der Waals surface area contributed by atoms with E-state index in [2.05, 4.69) is 10.2 Å². The van der Waals surface area contributed by atoms with E-state index in [0.717, 1.165) is 35.2 Å². The highest BCUT2D eigenvalue weighted by atomic mass is 16.3. The van der Waals surface area contributed by atoms with Crippen LogP contribution >= 0.6 is 0 Å². The third-order valence-electron chi connectivity index (χ3n) is 5.82. The van der Waals surface area contributed by atoms with Crippen molar-refractivity contribution in [2.45, 2.75) is 0 Å². The lowest BCUT2D eigenvalue weighted by atomic mass is 10.0. The number of nitrogens with one attached hydrogen (secondary N) is 1. The zero-order valence-corrected chi connectivity index (χ0v) is 17.5. The zero-order chi connectivity index (χ0) is 21.9. The van der Waals surface area contributed by atoms with Crippen molar-refractivity contribution in [1.82, 2.24) is 4.90 Å². The second-order valence-corrected chi connectivity index (χ2v) is 7.78. The maximum atomic E-state index is 12.8. The Hall–Kier alpha value is -4.06. The SMILES string of the molecule is O=C(Nc1ccc(N2CCN(C(=O)c3ccco3)CC2)cc1)c1cccc2ccccc12. The van der Waals surface area contributed by atoms with E-state index in [9.17, 15) is 9.59 Å². The molecule has 0 radical (unpaired) electrons. The fraction of sp³-hybridized carbons (Fsp3) is 0.154. The number of carbonyl (C=O) groups is 2. The molecule has 1 fully saturated rings. The van der Waals surface area contributed by atoms with E-state index in [1.54, 1.807) is 12.1 Å². The summed E-state index contributed by atoms with van der Waals surface area (Å²) in [5, 5.41) is 4.98. The van der Waals surface area contributed by atoms with E-state index in [1.165, 1.54) is 6.26 Å². The number of piperazine rings is 1. The molecule has 1 aromatic heterocycles. The summed E-state index contributed by atoms with van der Waals surface area (Å²) >= 11 is 0. The van der Waals surface area contributed by atoms with Crippen molar-refractivity contribution in [3.8, 4) is 0 Å². The van der Waals surface area contributed by atoms with Crippen LogP contribution in [0.2, 0.25) is 0 Å². The van der Waals surface area contributed by atoms with E-state index in [4.69, 9.17) is 4.42 Å². The van der Waals surface area contributed by atoms with Gasteiger partial charge in [-0.15, -0.1) is 0 Å². The van der Waals surface area contributed by atoms with Crippen LogP contribution in [0.5, 0.6) is 0 Å². The van der Waals surface area contributed by atoms with E-state index in [1.807, 2.05) is 71.6 Å². The number of fused-ring (bicyclic) bond motifs is 1. The van der Waals surface area contributed by atoms with Crippen molar-refractivity contribution < 1.29 is 14.0 Å². The van der Waals surface area contributed by atoms with Crippen LogP contribution in [-0.2, 0) is 0 Å². The summed E-state index contributed by atoms with van der Waals surface area (Å²) in [6, 6.07) is 24.9. The molecular formula is C26H23N3O3. The van der Waals surface area contributed by atoms with Crippen molar-refractivity contribution in [3.63, 3.8) is 0 Å². The quantitative estimate of drug-likeness (QED) is 0.517. The highest BCUT2D eigenvalue weighted by Gasteiger charge is 2.23. The predicted molar refractivity (Wildman–Crippen MR) is 125 cm³/mol. The number of carbonyl (C=O) groups excluding carboxylic acids is 2. The Labute approximate surface area is 186 Å². The molecule has 0 bridgehead atoms. The van der Waals surface area contributed by atoms with E-state index < -0.39 is 0 Å². The lowest BCUT2D eigenvalue weighted by Crippen LogP contribution is -2.48. The molecule has 0 spiro atoms. The van der Waals surface area contributed by atoms with Gasteiger partial charge in [0.15, 0.2) is 5.76 Å². The first kappa shape index (κ1) is 19.9. The highest BCUT2D eigenvalue weighted by Crippen LogP contribution is 2.23. The molecule has 1 N–H and O–H groups in total. The number of furan rings is 1. The Morgan fingerprint density at radius 2 is 1.53 bits per heavy atom. The van der Waals surface area contributed by atoms with Gasteiger partial charge in [-0.2, -0.15) is 0 Å². The summed E-state index contributed by atoms with van der Waals surface area (Å²) < 4.78 is 5.22. The number of hydrogen-bond acceptors (Lipinski definition) is 4. The molecule has 3 aromatic carbocycles. The zero-order valence-electron chi connectivity index (χ0n) is 17.5. The summed E-state index contributed by atoms with van der Waals surface area (Å²) in [6.07, 6.45) is 1.52. The predicted octanol–water partition coefficient (Wildman–Crippen LogP) is 4.65. The maximum Gasteiger partial charge on any atom is 0.289 e. The Bertz CT molecular complexity index is 1240. The molecular weight excluding hydrogens is 402 g/mol. The van der Waals surface area contributed by atoms with Gasteiger partial charge >= 0.3 is 0 Å². The number of rotatable bonds is 4. The Morgan fingerprint density at radius 3 is 2.28 bits per heavy atom. The molecule has 2 heterocycles. The Morgan fingerprint density at radius 1 is 0.781 bits per heavy atom. The first-order chi connectivity index (χ1) is 15.7. The van der Waals surface area contributed by atoms with Crippen molar-refractivity contribution >= 4 is 34.0 Å². The Kier molecular flexibility index (Phi) is 5.34. The van der Waals surface area contributed by atoms with Gasteiger partial charge in [-0.25, -0.2) is 0 Å². The van der Waals surface area contributed by atoms with Crippen LogP contribution in [0.4, 0.5) is 11.4 Å². The number of anilines is 2. The second kappa shape index (κ2) is 8.59. The smallest absolute Gasteiger partial charge is 0.289 e. The van der Waals surface area contributed by atoms with Crippen LogP contribution in [0.15, 0.2) is 89.5 Å². The van der Waals surface area contributed by atoms with Crippen LogP contribution in [0, 0.1) is 0 Å². The molecule has 0 atom stereocenters. The largest absolute Gasteiger partial charge is 0.459 e. The third-order valence-corrected chi connectivity index (χ3v) is 5.82. The topological polar surface area (TPSA) is 65.8 Å². The maximum absolute atomic E-state index is 12.8. The fourth-order valence-electron chi connectivity index (χ4n) is 4.10. The molecule has 6 nitrogen and oxygen atoms in total. The molecule has 4 aromatic rings. The van der Waals surface area contributed by atoms with E-state index in [0.29, 0.717) is 24.4 Å². The average molecular weight is 425 g/mol. The summed E-state index contributed by atoms with van der Waals surface area (Å²) in [4.78, 5) is 29.3. The minimum atomic E-state index is -0.125. The minimum absolute atomic E-state index is 0.0684. The monoisotopic (exact) mass is 425 g/mol. The van der Waals surface area contributed by atoms with E-state index >= 15 is 0 Å². The molecule has 0 aliphatic carbocycles. The van der Waals surface area contributed by atoms with Gasteiger partial charge in [0.1, 0.15) is 0 Å². The lowest BCUT2D eigenvalue weighted by Gasteiger charge is -2.35. The van der Waals surface area contributed by atoms with Crippen molar-refractivity contribution in [2.24, 2.45) is 0 Å². The van der Waals surface area contributed by atoms with Crippen LogP contribution < -0.4 is 10.2 Å². The van der Waals surface area contributed by atoms with Crippen LogP contribution in [0.1, 0.15) is 20.9 Å². The van der Waals surface area contributed by atoms with Gasteiger partial charge in [0, 0.05) is 43.1 Å². The van der Waals surface area contributed by atoms with E-state index in [-0.39, 0.29) is 11.8 Å².